The number of rotatable bonds is 8. The van der Waals surface area contributed by atoms with Gasteiger partial charge in [-0.25, -0.2) is 9.37 Å². The minimum absolute atomic E-state index is 0.0626. The summed E-state index contributed by atoms with van der Waals surface area (Å²) in [5, 5.41) is 14.1. The number of hydrogen-bond donors (Lipinski definition) is 1. The van der Waals surface area contributed by atoms with Crippen LogP contribution in [0.2, 0.25) is 0 Å². The van der Waals surface area contributed by atoms with E-state index in [0.29, 0.717) is 35.3 Å². The molecule has 39 heavy (non-hydrogen) atoms. The van der Waals surface area contributed by atoms with E-state index < -0.39 is 36.2 Å². The van der Waals surface area contributed by atoms with E-state index in [9.17, 15) is 23.1 Å². The van der Waals surface area contributed by atoms with Gasteiger partial charge in [0, 0.05) is 30.8 Å². The van der Waals surface area contributed by atoms with E-state index in [1.807, 2.05) is 0 Å². The molecule has 4 aromatic rings. The second-order valence-corrected chi connectivity index (χ2v) is 9.55. The van der Waals surface area contributed by atoms with Crippen LogP contribution in [0.1, 0.15) is 55.0 Å². The molecule has 5 rings (SSSR count). The normalized spacial score (nSPS) is 18.7. The van der Waals surface area contributed by atoms with Gasteiger partial charge in [-0.05, 0) is 43.2 Å². The first-order valence-electron chi connectivity index (χ1n) is 12.4. The van der Waals surface area contributed by atoms with Crippen molar-refractivity contribution in [1.29, 1.82) is 0 Å². The number of aryl methyl sites for hydroxylation is 1. The second-order valence-electron chi connectivity index (χ2n) is 9.55. The Morgan fingerprint density at radius 3 is 2.49 bits per heavy atom. The van der Waals surface area contributed by atoms with Crippen molar-refractivity contribution in [2.24, 2.45) is 13.0 Å². The fourth-order valence-electron chi connectivity index (χ4n) is 5.09. The predicted octanol–water partition coefficient (Wildman–Crippen LogP) is 6.12. The van der Waals surface area contributed by atoms with E-state index in [4.69, 9.17) is 4.74 Å². The Kier molecular flexibility index (Phi) is 7.19. The fraction of sp³-hybridized carbons (Fsp3) is 0.370. The molecule has 1 N–H and O–H groups in total. The highest BCUT2D eigenvalue weighted by Crippen LogP contribution is 2.41. The maximum absolute atomic E-state index is 16.3. The first-order valence-corrected chi connectivity index (χ1v) is 12.4. The fourth-order valence-corrected chi connectivity index (χ4v) is 5.09. The van der Waals surface area contributed by atoms with E-state index in [1.54, 1.807) is 42.2 Å². The molecule has 0 spiro atoms. The van der Waals surface area contributed by atoms with Gasteiger partial charge in [0.1, 0.15) is 23.9 Å². The molecule has 0 saturated heterocycles. The van der Waals surface area contributed by atoms with Crippen LogP contribution in [0, 0.1) is 5.92 Å². The quantitative estimate of drug-likeness (QED) is 0.268. The molecule has 3 atom stereocenters. The summed E-state index contributed by atoms with van der Waals surface area (Å²) in [6.45, 7) is 0.177. The standard InChI is InChI=1S/C27H26F4N4O4/c1-34-13-12-17(33-34)15-38-19-10-11-22-23(14-19)35(25(32-22)20-4-2-3-5-21(20)26(36)37)24(28)16-6-8-18(9-7-16)39-27(29,30)31/h6-14,20-21,24H,2-5,15H2,1H3,(H,36,37). The predicted molar refractivity (Wildman–Crippen MR) is 132 cm³/mol. The van der Waals surface area contributed by atoms with Crippen molar-refractivity contribution in [3.63, 3.8) is 0 Å². The zero-order valence-electron chi connectivity index (χ0n) is 20.9. The average Bonchev–Trinajstić information content (AvgIpc) is 3.49. The van der Waals surface area contributed by atoms with Gasteiger partial charge in [0.05, 0.1) is 22.6 Å². The Hall–Kier alpha value is -4.09. The molecule has 0 aliphatic heterocycles. The molecule has 1 aliphatic carbocycles. The Labute approximate surface area is 220 Å². The highest BCUT2D eigenvalue weighted by Gasteiger charge is 2.37. The largest absolute Gasteiger partial charge is 0.573 e. The van der Waals surface area contributed by atoms with Crippen molar-refractivity contribution in [2.45, 2.75) is 50.9 Å². The Bertz CT molecular complexity index is 1460. The van der Waals surface area contributed by atoms with Gasteiger partial charge in [-0.2, -0.15) is 5.10 Å². The second kappa shape index (κ2) is 10.6. The number of carbonyl (C=O) groups is 1. The monoisotopic (exact) mass is 546 g/mol. The van der Waals surface area contributed by atoms with Gasteiger partial charge >= 0.3 is 12.3 Å². The molecule has 12 heteroatoms. The highest BCUT2D eigenvalue weighted by molar-refractivity contribution is 5.79. The number of aliphatic carboxylic acids is 1. The van der Waals surface area contributed by atoms with Crippen LogP contribution < -0.4 is 9.47 Å². The van der Waals surface area contributed by atoms with Crippen molar-refractivity contribution in [3.05, 3.63) is 71.8 Å². The lowest BCUT2D eigenvalue weighted by Crippen LogP contribution is -2.28. The summed E-state index contributed by atoms with van der Waals surface area (Å²) in [5.41, 5.74) is 1.58. The Balaban J connectivity index is 1.55. The number of fused-ring (bicyclic) bond motifs is 1. The number of ether oxygens (including phenoxy) is 2. The van der Waals surface area contributed by atoms with E-state index in [-0.39, 0.29) is 18.0 Å². The number of benzene rings is 2. The number of hydrogen-bond acceptors (Lipinski definition) is 5. The summed E-state index contributed by atoms with van der Waals surface area (Å²) in [4.78, 5) is 16.7. The van der Waals surface area contributed by atoms with Crippen LogP contribution in [0.3, 0.4) is 0 Å². The van der Waals surface area contributed by atoms with Crippen LogP contribution >= 0.6 is 0 Å². The van der Waals surface area contributed by atoms with Crippen LogP contribution in [0.5, 0.6) is 11.5 Å². The molecule has 3 unspecified atom stereocenters. The smallest absolute Gasteiger partial charge is 0.487 e. The van der Waals surface area contributed by atoms with Crippen molar-refractivity contribution in [2.75, 3.05) is 0 Å². The van der Waals surface area contributed by atoms with Gasteiger partial charge < -0.3 is 14.6 Å². The lowest BCUT2D eigenvalue weighted by Gasteiger charge is -2.29. The van der Waals surface area contributed by atoms with Gasteiger partial charge in [0.2, 0.25) is 6.30 Å². The van der Waals surface area contributed by atoms with Crippen LogP contribution in [0.4, 0.5) is 17.6 Å². The van der Waals surface area contributed by atoms with Crippen molar-refractivity contribution in [1.82, 2.24) is 19.3 Å². The first kappa shape index (κ1) is 26.5. The van der Waals surface area contributed by atoms with Crippen molar-refractivity contribution in [3.8, 4) is 11.5 Å². The maximum atomic E-state index is 16.3. The van der Waals surface area contributed by atoms with Crippen LogP contribution in [-0.2, 0) is 18.4 Å². The SMILES string of the molecule is Cn1ccc(COc2ccc3nc(C4CCCCC4C(=O)O)n(C(F)c4ccc(OC(F)(F)F)cc4)c3c2)n1. The average molecular weight is 547 g/mol. The molecule has 1 saturated carbocycles. The topological polar surface area (TPSA) is 91.4 Å². The van der Waals surface area contributed by atoms with Gasteiger partial charge in [0.25, 0.3) is 0 Å². The number of aromatic nitrogens is 4. The Morgan fingerprint density at radius 2 is 1.82 bits per heavy atom. The molecule has 2 aromatic heterocycles. The van der Waals surface area contributed by atoms with E-state index in [0.717, 1.165) is 25.0 Å². The lowest BCUT2D eigenvalue weighted by molar-refractivity contribution is -0.274. The third kappa shape index (κ3) is 5.84. The van der Waals surface area contributed by atoms with Crippen LogP contribution in [0.25, 0.3) is 11.0 Å². The number of nitrogens with zero attached hydrogens (tertiary/aromatic N) is 4. The first-order chi connectivity index (χ1) is 18.6. The molecule has 1 aliphatic rings. The number of halogens is 4. The molecular weight excluding hydrogens is 520 g/mol. The third-order valence-corrected chi connectivity index (χ3v) is 6.87. The minimum Gasteiger partial charge on any atom is -0.487 e. The zero-order valence-corrected chi connectivity index (χ0v) is 20.9. The van der Waals surface area contributed by atoms with Crippen LogP contribution in [0.15, 0.2) is 54.7 Å². The number of alkyl halides is 4. The summed E-state index contributed by atoms with van der Waals surface area (Å²) < 4.78 is 66.8. The Morgan fingerprint density at radius 1 is 1.10 bits per heavy atom. The van der Waals surface area contributed by atoms with Gasteiger partial charge in [-0.15, -0.1) is 13.2 Å². The zero-order chi connectivity index (χ0) is 27.7. The molecule has 8 nitrogen and oxygen atoms in total. The number of carboxylic acids is 1. The lowest BCUT2D eigenvalue weighted by atomic mass is 9.78. The summed E-state index contributed by atoms with van der Waals surface area (Å²) in [7, 11) is 1.79. The van der Waals surface area contributed by atoms with Crippen LogP contribution in [-0.4, -0.2) is 36.8 Å². The van der Waals surface area contributed by atoms with Crippen molar-refractivity contribution >= 4 is 17.0 Å². The van der Waals surface area contributed by atoms with E-state index in [1.165, 1.54) is 16.7 Å². The number of carboxylic acid groups (broad SMARTS) is 1. The molecular formula is C27H26F4N4O4. The summed E-state index contributed by atoms with van der Waals surface area (Å²) in [6, 6.07) is 11.3. The maximum Gasteiger partial charge on any atom is 0.573 e. The summed E-state index contributed by atoms with van der Waals surface area (Å²) >= 11 is 0. The third-order valence-electron chi connectivity index (χ3n) is 6.87. The summed E-state index contributed by atoms with van der Waals surface area (Å²) in [6.07, 6.45) is -2.45. The molecule has 0 amide bonds. The van der Waals surface area contributed by atoms with Gasteiger partial charge in [-0.3, -0.25) is 14.0 Å². The van der Waals surface area contributed by atoms with E-state index >= 15 is 4.39 Å². The molecule has 206 valence electrons. The molecule has 0 bridgehead atoms. The van der Waals surface area contributed by atoms with Gasteiger partial charge in [-0.1, -0.05) is 25.0 Å². The van der Waals surface area contributed by atoms with E-state index in [2.05, 4.69) is 14.8 Å². The van der Waals surface area contributed by atoms with Gasteiger partial charge in [0.15, 0.2) is 0 Å². The molecule has 2 heterocycles. The molecule has 2 aromatic carbocycles. The minimum atomic E-state index is -4.87. The molecule has 1 fully saturated rings. The highest BCUT2D eigenvalue weighted by atomic mass is 19.4. The number of imidazole rings is 1. The van der Waals surface area contributed by atoms with Crippen molar-refractivity contribution < 1.29 is 36.9 Å². The summed E-state index contributed by atoms with van der Waals surface area (Å²) in [5.74, 6) is -2.00. The molecule has 0 radical (unpaired) electrons.